The maximum absolute atomic E-state index is 12.6. The Morgan fingerprint density at radius 2 is 2.20 bits per heavy atom. The molecule has 1 N–H and O–H groups in total. The Hall–Kier alpha value is -0.570. The zero-order valence-corrected chi connectivity index (χ0v) is 14.0. The van der Waals surface area contributed by atoms with Gasteiger partial charge < -0.3 is 5.11 Å². The molecule has 2 rings (SSSR count). The molecule has 1 heterocycles. The van der Waals surface area contributed by atoms with Gasteiger partial charge in [0.2, 0.25) is 10.0 Å². The minimum Gasteiger partial charge on any atom is -0.480 e. The number of sulfonamides is 1. The molecule has 110 valence electrons. The molecule has 1 aromatic rings. The van der Waals surface area contributed by atoms with Crippen LogP contribution in [0.15, 0.2) is 27.6 Å². The maximum Gasteiger partial charge on any atom is 0.322 e. The Morgan fingerprint density at radius 1 is 1.50 bits per heavy atom. The summed E-state index contributed by atoms with van der Waals surface area (Å²) in [6.07, 6.45) is 0. The van der Waals surface area contributed by atoms with Crippen molar-refractivity contribution in [2.45, 2.75) is 17.9 Å². The highest BCUT2D eigenvalue weighted by Crippen LogP contribution is 2.27. The van der Waals surface area contributed by atoms with Crippen LogP contribution >= 0.6 is 27.7 Å². The number of carbonyl (C=O) groups is 1. The molecule has 0 amide bonds. The lowest BCUT2D eigenvalue weighted by atomic mass is 10.2. The Labute approximate surface area is 130 Å². The number of hydrogen-bond donors (Lipinski definition) is 1. The lowest BCUT2D eigenvalue weighted by molar-refractivity contribution is -0.140. The second-order valence-corrected chi connectivity index (χ2v) is 8.35. The highest BCUT2D eigenvalue weighted by atomic mass is 79.9. The standard InChI is InChI=1S/C12H14BrNO4S2/c1-8-6-9(2-3-10(8)13)20(17,18)14-4-5-19-7-11(14)12(15)16/h2-3,6,11H,4-5,7H2,1H3,(H,15,16). The van der Waals surface area contributed by atoms with Gasteiger partial charge in [-0.05, 0) is 30.7 Å². The minimum absolute atomic E-state index is 0.136. The lowest BCUT2D eigenvalue weighted by Gasteiger charge is -2.31. The van der Waals surface area contributed by atoms with E-state index in [-0.39, 0.29) is 17.2 Å². The summed E-state index contributed by atoms with van der Waals surface area (Å²) < 4.78 is 27.1. The number of carboxylic acid groups (broad SMARTS) is 1. The summed E-state index contributed by atoms with van der Waals surface area (Å²) in [5, 5.41) is 9.19. The molecule has 1 atom stereocenters. The molecule has 0 spiro atoms. The summed E-state index contributed by atoms with van der Waals surface area (Å²) in [5.41, 5.74) is 0.796. The Kier molecular flexibility index (Phi) is 4.78. The molecule has 1 aliphatic rings. The maximum atomic E-state index is 12.6. The number of aryl methyl sites for hydroxylation is 1. The van der Waals surface area contributed by atoms with Crippen molar-refractivity contribution in [1.82, 2.24) is 4.31 Å². The van der Waals surface area contributed by atoms with Gasteiger partial charge in [-0.2, -0.15) is 16.1 Å². The number of carboxylic acids is 1. The van der Waals surface area contributed by atoms with E-state index < -0.39 is 22.0 Å². The van der Waals surface area contributed by atoms with E-state index in [1.807, 2.05) is 0 Å². The number of rotatable bonds is 3. The largest absolute Gasteiger partial charge is 0.480 e. The van der Waals surface area contributed by atoms with E-state index in [4.69, 9.17) is 0 Å². The van der Waals surface area contributed by atoms with Crippen molar-refractivity contribution in [3.8, 4) is 0 Å². The molecular weight excluding hydrogens is 366 g/mol. The van der Waals surface area contributed by atoms with Gasteiger partial charge in [-0.15, -0.1) is 0 Å². The zero-order valence-electron chi connectivity index (χ0n) is 10.7. The first-order valence-corrected chi connectivity index (χ1v) is 9.31. The molecular formula is C12H14BrNO4S2. The van der Waals surface area contributed by atoms with E-state index in [0.29, 0.717) is 5.75 Å². The SMILES string of the molecule is Cc1cc(S(=O)(=O)N2CCSCC2C(=O)O)ccc1Br. The molecule has 1 saturated heterocycles. The van der Waals surface area contributed by atoms with Gasteiger partial charge in [-0.1, -0.05) is 15.9 Å². The lowest BCUT2D eigenvalue weighted by Crippen LogP contribution is -2.50. The summed E-state index contributed by atoms with van der Waals surface area (Å²) in [6.45, 7) is 2.02. The summed E-state index contributed by atoms with van der Waals surface area (Å²) in [4.78, 5) is 11.4. The third kappa shape index (κ3) is 3.03. The first-order chi connectivity index (χ1) is 9.34. The van der Waals surface area contributed by atoms with Gasteiger partial charge >= 0.3 is 5.97 Å². The summed E-state index contributed by atoms with van der Waals surface area (Å²) >= 11 is 4.78. The summed E-state index contributed by atoms with van der Waals surface area (Å²) in [5.74, 6) is -0.211. The first kappa shape index (κ1) is 15.8. The average Bonchev–Trinajstić information content (AvgIpc) is 2.41. The van der Waals surface area contributed by atoms with E-state index in [1.54, 1.807) is 19.1 Å². The Bertz CT molecular complexity index is 632. The topological polar surface area (TPSA) is 74.7 Å². The quantitative estimate of drug-likeness (QED) is 0.868. The van der Waals surface area contributed by atoms with Crippen molar-refractivity contribution in [1.29, 1.82) is 0 Å². The van der Waals surface area contributed by atoms with Crippen molar-refractivity contribution < 1.29 is 18.3 Å². The van der Waals surface area contributed by atoms with Crippen molar-refractivity contribution in [2.75, 3.05) is 18.1 Å². The zero-order chi connectivity index (χ0) is 14.9. The fourth-order valence-corrected chi connectivity index (χ4v) is 5.15. The molecule has 0 radical (unpaired) electrons. The van der Waals surface area contributed by atoms with Crippen LogP contribution in [-0.2, 0) is 14.8 Å². The Balaban J connectivity index is 2.42. The molecule has 20 heavy (non-hydrogen) atoms. The van der Waals surface area contributed by atoms with Gasteiger partial charge in [-0.25, -0.2) is 8.42 Å². The minimum atomic E-state index is -3.78. The molecule has 0 saturated carbocycles. The van der Waals surface area contributed by atoms with E-state index in [1.165, 1.54) is 17.8 Å². The molecule has 1 unspecified atom stereocenters. The van der Waals surface area contributed by atoms with Crippen LogP contribution in [0.2, 0.25) is 0 Å². The number of nitrogens with zero attached hydrogens (tertiary/aromatic N) is 1. The van der Waals surface area contributed by atoms with Gasteiger partial charge in [0.15, 0.2) is 0 Å². The van der Waals surface area contributed by atoms with E-state index >= 15 is 0 Å². The predicted octanol–water partition coefficient (Wildman–Crippen LogP) is 1.95. The van der Waals surface area contributed by atoms with Crippen LogP contribution in [0.4, 0.5) is 0 Å². The number of hydrogen-bond acceptors (Lipinski definition) is 4. The molecule has 5 nitrogen and oxygen atoms in total. The smallest absolute Gasteiger partial charge is 0.322 e. The third-order valence-corrected chi connectivity index (χ3v) is 6.92. The number of aliphatic carboxylic acids is 1. The van der Waals surface area contributed by atoms with Crippen LogP contribution < -0.4 is 0 Å². The molecule has 0 aromatic heterocycles. The normalized spacial score (nSPS) is 20.8. The highest BCUT2D eigenvalue weighted by Gasteiger charge is 2.38. The molecule has 1 fully saturated rings. The second-order valence-electron chi connectivity index (χ2n) is 4.46. The monoisotopic (exact) mass is 379 g/mol. The van der Waals surface area contributed by atoms with Gasteiger partial charge in [0.25, 0.3) is 0 Å². The van der Waals surface area contributed by atoms with E-state index in [2.05, 4.69) is 15.9 Å². The molecule has 1 aliphatic heterocycles. The van der Waals surface area contributed by atoms with Crippen molar-refractivity contribution in [3.05, 3.63) is 28.2 Å². The van der Waals surface area contributed by atoms with E-state index in [0.717, 1.165) is 14.3 Å². The van der Waals surface area contributed by atoms with Crippen LogP contribution in [0.3, 0.4) is 0 Å². The van der Waals surface area contributed by atoms with Gasteiger partial charge in [0.05, 0.1) is 4.90 Å². The number of halogens is 1. The fourth-order valence-electron chi connectivity index (χ4n) is 1.98. The average molecular weight is 380 g/mol. The van der Waals surface area contributed by atoms with Gasteiger partial charge in [0, 0.05) is 22.5 Å². The van der Waals surface area contributed by atoms with Gasteiger partial charge in [0.1, 0.15) is 6.04 Å². The van der Waals surface area contributed by atoms with Crippen molar-refractivity contribution in [3.63, 3.8) is 0 Å². The van der Waals surface area contributed by atoms with E-state index in [9.17, 15) is 18.3 Å². The van der Waals surface area contributed by atoms with Gasteiger partial charge in [-0.3, -0.25) is 4.79 Å². The fraction of sp³-hybridized carbons (Fsp3) is 0.417. The first-order valence-electron chi connectivity index (χ1n) is 5.92. The van der Waals surface area contributed by atoms with Crippen LogP contribution in [-0.4, -0.2) is 47.9 Å². The van der Waals surface area contributed by atoms with Crippen LogP contribution in [0, 0.1) is 6.92 Å². The van der Waals surface area contributed by atoms with Crippen molar-refractivity contribution in [2.24, 2.45) is 0 Å². The Morgan fingerprint density at radius 3 is 2.80 bits per heavy atom. The van der Waals surface area contributed by atoms with Crippen LogP contribution in [0.5, 0.6) is 0 Å². The summed E-state index contributed by atoms with van der Waals surface area (Å²) in [7, 11) is -3.78. The molecule has 0 bridgehead atoms. The van der Waals surface area contributed by atoms with Crippen molar-refractivity contribution >= 4 is 43.7 Å². The number of benzene rings is 1. The predicted molar refractivity (Wildman–Crippen MR) is 81.5 cm³/mol. The molecule has 1 aromatic carbocycles. The second kappa shape index (κ2) is 6.05. The number of thioether (sulfide) groups is 1. The molecule has 8 heteroatoms. The molecule has 0 aliphatic carbocycles. The summed E-state index contributed by atoms with van der Waals surface area (Å²) in [6, 6.07) is 3.71. The third-order valence-electron chi connectivity index (χ3n) is 3.10. The van der Waals surface area contributed by atoms with Crippen LogP contribution in [0.25, 0.3) is 0 Å². The highest BCUT2D eigenvalue weighted by molar-refractivity contribution is 9.10. The van der Waals surface area contributed by atoms with Crippen LogP contribution in [0.1, 0.15) is 5.56 Å².